The largest absolute Gasteiger partial charge is 0.338 e. The van der Waals surface area contributed by atoms with E-state index in [1.807, 2.05) is 60.7 Å². The van der Waals surface area contributed by atoms with E-state index in [0.29, 0.717) is 18.1 Å². The minimum absolute atomic E-state index is 0.0329. The molecular weight excluding hydrogens is 454 g/mol. The smallest absolute Gasteiger partial charge is 0.233 e. The van der Waals surface area contributed by atoms with Crippen molar-refractivity contribution < 1.29 is 13.2 Å². The van der Waals surface area contributed by atoms with Gasteiger partial charge in [0, 0.05) is 23.7 Å². The summed E-state index contributed by atoms with van der Waals surface area (Å²) in [5.74, 6) is 0.426. The van der Waals surface area contributed by atoms with Gasteiger partial charge < -0.3 is 9.88 Å². The van der Waals surface area contributed by atoms with E-state index >= 15 is 0 Å². The zero-order valence-electron chi connectivity index (χ0n) is 18.7. The number of hydrogen-bond donors (Lipinski definition) is 1. The zero-order chi connectivity index (χ0) is 23.3. The number of hydrogen-bond acceptors (Lipinski definition) is 5. The van der Waals surface area contributed by atoms with E-state index in [1.54, 1.807) is 4.90 Å². The lowest BCUT2D eigenvalue weighted by molar-refractivity contribution is -0.130. The molecule has 174 valence electrons. The average Bonchev–Trinajstić information content (AvgIpc) is 3.42. The highest BCUT2D eigenvalue weighted by Gasteiger charge is 2.34. The summed E-state index contributed by atoms with van der Waals surface area (Å²) in [5.41, 5.74) is 3.80. The molecule has 0 radical (unpaired) electrons. The third-order valence-electron chi connectivity index (χ3n) is 5.85. The van der Waals surface area contributed by atoms with Gasteiger partial charge in [0.1, 0.15) is 0 Å². The molecule has 3 aromatic rings. The summed E-state index contributed by atoms with van der Waals surface area (Å²) in [5, 5.41) is 0.676. The highest BCUT2D eigenvalue weighted by molar-refractivity contribution is 7.99. The van der Waals surface area contributed by atoms with Crippen LogP contribution in [0.15, 0.2) is 65.8 Å². The molecule has 2 heterocycles. The number of carbonyl (C=O) groups excluding carboxylic acids is 1. The Morgan fingerprint density at radius 1 is 1.09 bits per heavy atom. The Morgan fingerprint density at radius 2 is 1.76 bits per heavy atom. The lowest BCUT2D eigenvalue weighted by atomic mass is 10.1. The van der Waals surface area contributed by atoms with Crippen LogP contribution in [0.3, 0.4) is 0 Å². The van der Waals surface area contributed by atoms with Gasteiger partial charge in [0.15, 0.2) is 15.0 Å². The molecule has 1 atom stereocenters. The second-order valence-electron chi connectivity index (χ2n) is 8.28. The highest BCUT2D eigenvalue weighted by atomic mass is 32.2. The van der Waals surface area contributed by atoms with Crippen LogP contribution in [0.1, 0.15) is 26.2 Å². The van der Waals surface area contributed by atoms with Crippen molar-refractivity contribution in [1.82, 2.24) is 14.9 Å². The Balaban J connectivity index is 1.53. The molecule has 1 fully saturated rings. The van der Waals surface area contributed by atoms with Crippen LogP contribution in [0.5, 0.6) is 0 Å². The molecule has 1 saturated heterocycles. The van der Waals surface area contributed by atoms with Gasteiger partial charge in [0.25, 0.3) is 0 Å². The Labute approximate surface area is 199 Å². The monoisotopic (exact) mass is 483 g/mol. The molecule has 1 aliphatic rings. The van der Waals surface area contributed by atoms with Gasteiger partial charge in [-0.1, -0.05) is 85.8 Å². The molecule has 1 N–H and O–H groups in total. The van der Waals surface area contributed by atoms with Crippen molar-refractivity contribution in [1.29, 1.82) is 0 Å². The van der Waals surface area contributed by atoms with Gasteiger partial charge in [-0.2, -0.15) is 0 Å². The maximum Gasteiger partial charge on any atom is 0.233 e. The summed E-state index contributed by atoms with van der Waals surface area (Å²) in [6.07, 6.45) is 2.35. The van der Waals surface area contributed by atoms with Crippen molar-refractivity contribution in [2.75, 3.05) is 23.8 Å². The van der Waals surface area contributed by atoms with Crippen LogP contribution in [0.25, 0.3) is 22.5 Å². The van der Waals surface area contributed by atoms with E-state index in [2.05, 4.69) is 11.9 Å². The molecule has 2 aromatic carbocycles. The molecule has 0 saturated carbocycles. The maximum absolute atomic E-state index is 13.1. The zero-order valence-corrected chi connectivity index (χ0v) is 20.4. The molecule has 0 spiro atoms. The van der Waals surface area contributed by atoms with Crippen molar-refractivity contribution in [3.63, 3.8) is 0 Å². The maximum atomic E-state index is 13.1. The number of unbranched alkanes of at least 4 members (excludes halogenated alkanes) is 1. The SMILES string of the molecule is CCCCN(C(=O)CSc1nc(-c2ccccc2)c(-c2ccccc2)[nH]1)[C@@H]1CCS(=O)(=O)C1. The van der Waals surface area contributed by atoms with E-state index in [4.69, 9.17) is 4.98 Å². The predicted octanol–water partition coefficient (Wildman–Crippen LogP) is 4.65. The van der Waals surface area contributed by atoms with Gasteiger partial charge >= 0.3 is 0 Å². The molecule has 1 amide bonds. The first kappa shape index (κ1) is 23.6. The van der Waals surface area contributed by atoms with Crippen LogP contribution in [-0.2, 0) is 14.6 Å². The molecular formula is C25H29N3O3S2. The van der Waals surface area contributed by atoms with Crippen molar-refractivity contribution in [3.05, 3.63) is 60.7 Å². The minimum atomic E-state index is -3.05. The molecule has 1 aliphatic heterocycles. The fraction of sp³-hybridized carbons (Fsp3) is 0.360. The van der Waals surface area contributed by atoms with Gasteiger partial charge in [0.2, 0.25) is 5.91 Å². The normalized spacial score (nSPS) is 17.2. The first-order chi connectivity index (χ1) is 16.0. The molecule has 0 bridgehead atoms. The number of rotatable bonds is 9. The number of imidazole rings is 1. The van der Waals surface area contributed by atoms with Gasteiger partial charge in [-0.05, 0) is 12.8 Å². The van der Waals surface area contributed by atoms with Gasteiger partial charge in [-0.3, -0.25) is 4.79 Å². The lowest BCUT2D eigenvalue weighted by Gasteiger charge is -2.28. The molecule has 33 heavy (non-hydrogen) atoms. The number of thioether (sulfide) groups is 1. The Bertz CT molecular complexity index is 1120. The van der Waals surface area contributed by atoms with E-state index in [0.717, 1.165) is 35.4 Å². The molecule has 0 unspecified atom stereocenters. The summed E-state index contributed by atoms with van der Waals surface area (Å²) in [4.78, 5) is 23.1. The molecule has 6 nitrogen and oxygen atoms in total. The number of benzene rings is 2. The van der Waals surface area contributed by atoms with Crippen molar-refractivity contribution >= 4 is 27.5 Å². The number of aromatic amines is 1. The molecule has 4 rings (SSSR count). The van der Waals surface area contributed by atoms with E-state index in [9.17, 15) is 13.2 Å². The van der Waals surface area contributed by atoms with Crippen LogP contribution >= 0.6 is 11.8 Å². The van der Waals surface area contributed by atoms with Gasteiger partial charge in [-0.25, -0.2) is 13.4 Å². The number of nitrogens with one attached hydrogen (secondary N) is 1. The number of amides is 1. The fourth-order valence-electron chi connectivity index (χ4n) is 4.11. The Kier molecular flexibility index (Phi) is 7.55. The Hall–Kier alpha value is -2.58. The first-order valence-corrected chi connectivity index (χ1v) is 14.1. The van der Waals surface area contributed by atoms with E-state index < -0.39 is 9.84 Å². The van der Waals surface area contributed by atoms with Crippen LogP contribution in [-0.4, -0.2) is 59.0 Å². The number of H-pyrrole nitrogens is 1. The Morgan fingerprint density at radius 3 is 2.36 bits per heavy atom. The van der Waals surface area contributed by atoms with Crippen LogP contribution in [0.4, 0.5) is 0 Å². The lowest BCUT2D eigenvalue weighted by Crippen LogP contribution is -2.42. The number of aromatic nitrogens is 2. The van der Waals surface area contributed by atoms with Gasteiger partial charge in [-0.15, -0.1) is 0 Å². The third-order valence-corrected chi connectivity index (χ3v) is 8.45. The first-order valence-electron chi connectivity index (χ1n) is 11.3. The summed E-state index contributed by atoms with van der Waals surface area (Å²) >= 11 is 1.37. The topological polar surface area (TPSA) is 83.1 Å². The van der Waals surface area contributed by atoms with Crippen LogP contribution in [0.2, 0.25) is 0 Å². The number of sulfone groups is 1. The van der Waals surface area contributed by atoms with Crippen LogP contribution in [0, 0.1) is 0 Å². The summed E-state index contributed by atoms with van der Waals surface area (Å²) in [6, 6.07) is 19.8. The van der Waals surface area contributed by atoms with Crippen molar-refractivity contribution in [2.45, 2.75) is 37.4 Å². The standard InChI is InChI=1S/C25H29N3O3S2/c1-2-3-15-28(21-14-16-33(30,31)18-21)22(29)17-32-25-26-23(19-10-6-4-7-11-19)24(27-25)20-12-8-5-9-13-20/h4-13,21H,2-3,14-18H2,1H3,(H,26,27)/t21-/m1/s1. The van der Waals surface area contributed by atoms with Crippen LogP contribution < -0.4 is 0 Å². The summed E-state index contributed by atoms with van der Waals surface area (Å²) in [7, 11) is -3.05. The molecule has 1 aromatic heterocycles. The second kappa shape index (κ2) is 10.6. The van der Waals surface area contributed by atoms with E-state index in [-0.39, 0.29) is 29.2 Å². The minimum Gasteiger partial charge on any atom is -0.338 e. The molecule has 0 aliphatic carbocycles. The van der Waals surface area contributed by atoms with E-state index in [1.165, 1.54) is 11.8 Å². The van der Waals surface area contributed by atoms with Crippen molar-refractivity contribution in [2.24, 2.45) is 0 Å². The number of nitrogens with zero attached hydrogens (tertiary/aromatic N) is 2. The van der Waals surface area contributed by atoms with Gasteiger partial charge in [0.05, 0.1) is 28.6 Å². The predicted molar refractivity (Wildman–Crippen MR) is 134 cm³/mol. The highest BCUT2D eigenvalue weighted by Crippen LogP contribution is 2.32. The quantitative estimate of drug-likeness (QED) is 0.448. The number of carbonyl (C=O) groups is 1. The average molecular weight is 484 g/mol. The second-order valence-corrected chi connectivity index (χ2v) is 11.5. The fourth-order valence-corrected chi connectivity index (χ4v) is 6.60. The summed E-state index contributed by atoms with van der Waals surface area (Å²) < 4.78 is 23.9. The third kappa shape index (κ3) is 5.86. The van der Waals surface area contributed by atoms with Crippen molar-refractivity contribution in [3.8, 4) is 22.5 Å². The molecule has 8 heteroatoms. The summed E-state index contributed by atoms with van der Waals surface area (Å²) in [6.45, 7) is 2.67.